The van der Waals surface area contributed by atoms with Crippen molar-refractivity contribution >= 4 is 10.8 Å². The minimum atomic E-state index is -0.580. The van der Waals surface area contributed by atoms with E-state index in [-0.39, 0.29) is 6.10 Å². The summed E-state index contributed by atoms with van der Waals surface area (Å²) >= 11 is 0. The Bertz CT molecular complexity index is 530. The Labute approximate surface area is 106 Å². The third kappa shape index (κ3) is 2.11. The molecule has 0 bridgehead atoms. The standard InChI is InChI=1S/C15H17NO2/c17-15(14-7-3-4-8-18-14)13-10-16-9-11-5-1-2-6-12(11)13/h1-2,5-6,9-10,14-15,17H,3-4,7-8H2. The molecule has 3 rings (SSSR count). The van der Waals surface area contributed by atoms with Gasteiger partial charge in [-0.1, -0.05) is 24.3 Å². The van der Waals surface area contributed by atoms with Crippen molar-refractivity contribution in [1.29, 1.82) is 0 Å². The molecule has 0 aliphatic carbocycles. The number of aliphatic hydroxyl groups excluding tert-OH is 1. The largest absolute Gasteiger partial charge is 0.386 e. The summed E-state index contributed by atoms with van der Waals surface area (Å²) in [6, 6.07) is 8.01. The van der Waals surface area contributed by atoms with E-state index in [0.29, 0.717) is 0 Å². The molecular weight excluding hydrogens is 226 g/mol. The molecule has 1 aromatic heterocycles. The number of hydrogen-bond donors (Lipinski definition) is 1. The van der Waals surface area contributed by atoms with Crippen molar-refractivity contribution in [2.75, 3.05) is 6.61 Å². The van der Waals surface area contributed by atoms with E-state index in [1.807, 2.05) is 30.5 Å². The van der Waals surface area contributed by atoms with Gasteiger partial charge in [-0.15, -0.1) is 0 Å². The van der Waals surface area contributed by atoms with Crippen molar-refractivity contribution in [1.82, 2.24) is 4.98 Å². The molecule has 1 N–H and O–H groups in total. The number of ether oxygens (including phenoxy) is 1. The van der Waals surface area contributed by atoms with Crippen molar-refractivity contribution in [2.45, 2.75) is 31.5 Å². The van der Waals surface area contributed by atoms with E-state index < -0.39 is 6.10 Å². The van der Waals surface area contributed by atoms with Crippen LogP contribution in [0.1, 0.15) is 30.9 Å². The minimum Gasteiger partial charge on any atom is -0.386 e. The first-order valence-corrected chi connectivity index (χ1v) is 6.48. The van der Waals surface area contributed by atoms with Gasteiger partial charge in [0, 0.05) is 30.0 Å². The number of pyridine rings is 1. The zero-order valence-corrected chi connectivity index (χ0v) is 10.2. The Kier molecular flexibility index (Phi) is 3.26. The lowest BCUT2D eigenvalue weighted by Crippen LogP contribution is -2.26. The van der Waals surface area contributed by atoms with E-state index in [2.05, 4.69) is 4.98 Å². The van der Waals surface area contributed by atoms with Crippen LogP contribution >= 0.6 is 0 Å². The molecule has 1 aliphatic heterocycles. The Balaban J connectivity index is 1.97. The predicted octanol–water partition coefficient (Wildman–Crippen LogP) is 2.84. The predicted molar refractivity (Wildman–Crippen MR) is 70.3 cm³/mol. The third-order valence-electron chi connectivity index (χ3n) is 3.58. The van der Waals surface area contributed by atoms with Crippen LogP contribution in [0.4, 0.5) is 0 Å². The molecule has 1 aliphatic rings. The molecule has 1 fully saturated rings. The zero-order valence-electron chi connectivity index (χ0n) is 10.2. The number of benzene rings is 1. The van der Waals surface area contributed by atoms with E-state index >= 15 is 0 Å². The molecule has 0 saturated carbocycles. The number of fused-ring (bicyclic) bond motifs is 1. The lowest BCUT2D eigenvalue weighted by molar-refractivity contribution is -0.0629. The molecule has 2 atom stereocenters. The molecule has 3 heteroatoms. The Morgan fingerprint density at radius 2 is 2.11 bits per heavy atom. The maximum Gasteiger partial charge on any atom is 0.107 e. The van der Waals surface area contributed by atoms with Crippen LogP contribution in [0.25, 0.3) is 10.8 Å². The second kappa shape index (κ2) is 5.04. The highest BCUT2D eigenvalue weighted by Crippen LogP contribution is 2.30. The number of hydrogen-bond acceptors (Lipinski definition) is 3. The van der Waals surface area contributed by atoms with Crippen LogP contribution in [0, 0.1) is 0 Å². The SMILES string of the molecule is OC(c1cncc2ccccc12)C1CCCCO1. The smallest absolute Gasteiger partial charge is 0.107 e. The lowest BCUT2D eigenvalue weighted by Gasteiger charge is -2.27. The van der Waals surface area contributed by atoms with E-state index in [1.54, 1.807) is 6.20 Å². The van der Waals surface area contributed by atoms with E-state index in [9.17, 15) is 5.11 Å². The maximum absolute atomic E-state index is 10.5. The third-order valence-corrected chi connectivity index (χ3v) is 3.58. The maximum atomic E-state index is 10.5. The van der Waals surface area contributed by atoms with Gasteiger partial charge in [0.2, 0.25) is 0 Å². The summed E-state index contributed by atoms with van der Waals surface area (Å²) in [5, 5.41) is 12.6. The van der Waals surface area contributed by atoms with Crippen LogP contribution in [0.2, 0.25) is 0 Å². The van der Waals surface area contributed by atoms with E-state index in [1.165, 1.54) is 0 Å². The average Bonchev–Trinajstić information content (AvgIpc) is 2.47. The van der Waals surface area contributed by atoms with Crippen LogP contribution < -0.4 is 0 Å². The van der Waals surface area contributed by atoms with Gasteiger partial charge < -0.3 is 9.84 Å². The molecule has 0 radical (unpaired) electrons. The van der Waals surface area contributed by atoms with E-state index in [0.717, 1.165) is 42.2 Å². The Morgan fingerprint density at radius 3 is 2.94 bits per heavy atom. The summed E-state index contributed by atoms with van der Waals surface area (Å²) in [7, 11) is 0. The number of aromatic nitrogens is 1. The number of aliphatic hydroxyl groups is 1. The van der Waals surface area contributed by atoms with Gasteiger partial charge in [0.1, 0.15) is 6.10 Å². The van der Waals surface area contributed by atoms with Crippen molar-refractivity contribution < 1.29 is 9.84 Å². The molecular formula is C15H17NO2. The van der Waals surface area contributed by atoms with Gasteiger partial charge in [-0.2, -0.15) is 0 Å². The second-order valence-corrected chi connectivity index (χ2v) is 4.80. The first kappa shape index (κ1) is 11.6. The Hall–Kier alpha value is -1.45. The zero-order chi connectivity index (χ0) is 12.4. The van der Waals surface area contributed by atoms with Gasteiger partial charge >= 0.3 is 0 Å². The molecule has 2 heterocycles. The normalized spacial score (nSPS) is 21.9. The molecule has 1 saturated heterocycles. The molecule has 2 aromatic rings. The number of rotatable bonds is 2. The van der Waals surface area contributed by atoms with Crippen LogP contribution in [0.5, 0.6) is 0 Å². The van der Waals surface area contributed by atoms with Crippen molar-refractivity contribution in [3.05, 3.63) is 42.2 Å². The molecule has 1 aromatic carbocycles. The fourth-order valence-electron chi connectivity index (χ4n) is 2.59. The monoisotopic (exact) mass is 243 g/mol. The second-order valence-electron chi connectivity index (χ2n) is 4.80. The fraction of sp³-hybridized carbons (Fsp3) is 0.400. The summed E-state index contributed by atoms with van der Waals surface area (Å²) in [6.07, 6.45) is 6.05. The van der Waals surface area contributed by atoms with Gasteiger partial charge in [0.05, 0.1) is 6.10 Å². The highest BCUT2D eigenvalue weighted by molar-refractivity contribution is 5.84. The van der Waals surface area contributed by atoms with Gasteiger partial charge in [0.15, 0.2) is 0 Å². The van der Waals surface area contributed by atoms with Gasteiger partial charge in [-0.25, -0.2) is 0 Å². The molecule has 94 valence electrons. The summed E-state index contributed by atoms with van der Waals surface area (Å²) in [5.74, 6) is 0. The summed E-state index contributed by atoms with van der Waals surface area (Å²) < 4.78 is 5.67. The van der Waals surface area contributed by atoms with Crippen LogP contribution in [0.3, 0.4) is 0 Å². The topological polar surface area (TPSA) is 42.4 Å². The van der Waals surface area contributed by atoms with Crippen molar-refractivity contribution in [3.8, 4) is 0 Å². The molecule has 2 unspecified atom stereocenters. The fourth-order valence-corrected chi connectivity index (χ4v) is 2.59. The van der Waals surface area contributed by atoms with Crippen molar-refractivity contribution in [3.63, 3.8) is 0 Å². The number of nitrogens with zero attached hydrogens (tertiary/aromatic N) is 1. The first-order chi connectivity index (χ1) is 8.86. The van der Waals surface area contributed by atoms with Crippen LogP contribution in [0.15, 0.2) is 36.7 Å². The minimum absolute atomic E-state index is 0.0913. The van der Waals surface area contributed by atoms with Crippen LogP contribution in [-0.2, 0) is 4.74 Å². The highest BCUT2D eigenvalue weighted by atomic mass is 16.5. The lowest BCUT2D eigenvalue weighted by atomic mass is 9.96. The summed E-state index contributed by atoms with van der Waals surface area (Å²) in [4.78, 5) is 4.21. The summed E-state index contributed by atoms with van der Waals surface area (Å²) in [6.45, 7) is 0.750. The molecule has 18 heavy (non-hydrogen) atoms. The van der Waals surface area contributed by atoms with E-state index in [4.69, 9.17) is 4.74 Å². The van der Waals surface area contributed by atoms with Gasteiger partial charge in [-0.05, 0) is 24.6 Å². The average molecular weight is 243 g/mol. The molecule has 0 spiro atoms. The quantitative estimate of drug-likeness (QED) is 0.882. The molecule has 0 amide bonds. The van der Waals surface area contributed by atoms with Crippen LogP contribution in [-0.4, -0.2) is 22.8 Å². The highest BCUT2D eigenvalue weighted by Gasteiger charge is 2.25. The Morgan fingerprint density at radius 1 is 1.22 bits per heavy atom. The van der Waals surface area contributed by atoms with Gasteiger partial charge in [-0.3, -0.25) is 4.98 Å². The summed E-state index contributed by atoms with van der Waals surface area (Å²) in [5.41, 5.74) is 0.875. The van der Waals surface area contributed by atoms with Crippen molar-refractivity contribution in [2.24, 2.45) is 0 Å². The first-order valence-electron chi connectivity index (χ1n) is 6.48. The van der Waals surface area contributed by atoms with Gasteiger partial charge in [0.25, 0.3) is 0 Å². The molecule has 3 nitrogen and oxygen atoms in total.